The lowest BCUT2D eigenvalue weighted by Gasteiger charge is -2.23. The van der Waals surface area contributed by atoms with E-state index in [1.807, 2.05) is 21.7 Å². The van der Waals surface area contributed by atoms with Crippen LogP contribution in [0.5, 0.6) is 0 Å². The molecular weight excluding hydrogens is 304 g/mol. The Morgan fingerprint density at radius 1 is 1.21 bits per heavy atom. The van der Waals surface area contributed by atoms with Crippen LogP contribution in [0.2, 0.25) is 0 Å². The summed E-state index contributed by atoms with van der Waals surface area (Å²) in [5.74, 6) is 0.162. The number of unbranched alkanes of at least 4 members (excludes halogenated alkanes) is 2. The lowest BCUT2D eigenvalue weighted by Crippen LogP contribution is -2.34. The Balaban J connectivity index is 2.83. The number of hydrogen-bond donors (Lipinski definition) is 0. The Morgan fingerprint density at radius 3 is 2.26 bits per heavy atom. The van der Waals surface area contributed by atoms with Gasteiger partial charge in [0.25, 0.3) is 5.91 Å². The van der Waals surface area contributed by atoms with E-state index in [0.29, 0.717) is 0 Å². The summed E-state index contributed by atoms with van der Waals surface area (Å²) in [4.78, 5) is 14.6. The molecule has 0 atom stereocenters. The van der Waals surface area contributed by atoms with Gasteiger partial charge in [-0.15, -0.1) is 0 Å². The quantitative estimate of drug-likeness (QED) is 0.697. The van der Waals surface area contributed by atoms with E-state index in [0.717, 1.165) is 55.5 Å². The van der Waals surface area contributed by atoms with Crippen molar-refractivity contribution in [3.8, 4) is 0 Å². The number of aryl methyl sites for hydroxylation is 1. The lowest BCUT2D eigenvalue weighted by atomic mass is 10.2. The highest BCUT2D eigenvalue weighted by Gasteiger charge is 2.18. The van der Waals surface area contributed by atoms with E-state index in [1.54, 1.807) is 0 Å². The first-order chi connectivity index (χ1) is 9.13. The highest BCUT2D eigenvalue weighted by molar-refractivity contribution is 9.10. The van der Waals surface area contributed by atoms with Gasteiger partial charge in [0.1, 0.15) is 5.69 Å². The van der Waals surface area contributed by atoms with Gasteiger partial charge < -0.3 is 9.47 Å². The average molecular weight is 329 g/mol. The van der Waals surface area contributed by atoms with E-state index >= 15 is 0 Å². The van der Waals surface area contributed by atoms with Gasteiger partial charge in [0, 0.05) is 30.3 Å². The SMILES string of the molecule is CCCCN(CCCC)C(=O)c1cc(Br)cn1CC. The first-order valence-corrected chi connectivity index (χ1v) is 8.08. The largest absolute Gasteiger partial charge is 0.343 e. The molecule has 0 aliphatic carbocycles. The van der Waals surface area contributed by atoms with Crippen LogP contribution in [0.15, 0.2) is 16.7 Å². The second-order valence-electron chi connectivity index (χ2n) is 4.83. The van der Waals surface area contributed by atoms with Gasteiger partial charge in [0.2, 0.25) is 0 Å². The highest BCUT2D eigenvalue weighted by Crippen LogP contribution is 2.17. The zero-order valence-electron chi connectivity index (χ0n) is 12.3. The third-order valence-electron chi connectivity index (χ3n) is 3.27. The number of carbonyl (C=O) groups excluding carboxylic acids is 1. The normalized spacial score (nSPS) is 10.7. The molecule has 0 fully saturated rings. The summed E-state index contributed by atoms with van der Waals surface area (Å²) in [5.41, 5.74) is 0.793. The number of hydrogen-bond acceptors (Lipinski definition) is 1. The molecule has 0 aliphatic heterocycles. The van der Waals surface area contributed by atoms with E-state index < -0.39 is 0 Å². The first-order valence-electron chi connectivity index (χ1n) is 7.28. The van der Waals surface area contributed by atoms with E-state index in [-0.39, 0.29) is 5.91 Å². The summed E-state index contributed by atoms with van der Waals surface area (Å²) in [6, 6.07) is 1.93. The maximum absolute atomic E-state index is 12.6. The maximum atomic E-state index is 12.6. The minimum Gasteiger partial charge on any atom is -0.343 e. The molecule has 0 aliphatic rings. The number of rotatable bonds is 8. The standard InChI is InChI=1S/C15H25BrN2O/c1-4-7-9-18(10-8-5-2)15(19)14-11-13(16)12-17(14)6-3/h11-12H,4-10H2,1-3H3. The Morgan fingerprint density at radius 2 is 1.79 bits per heavy atom. The topological polar surface area (TPSA) is 25.2 Å². The molecule has 1 heterocycles. The van der Waals surface area contributed by atoms with Gasteiger partial charge in [-0.3, -0.25) is 4.79 Å². The van der Waals surface area contributed by atoms with Gasteiger partial charge in [-0.2, -0.15) is 0 Å². The van der Waals surface area contributed by atoms with Crippen molar-refractivity contribution in [1.29, 1.82) is 0 Å². The van der Waals surface area contributed by atoms with Crippen molar-refractivity contribution in [3.63, 3.8) is 0 Å². The lowest BCUT2D eigenvalue weighted by molar-refractivity contribution is 0.0740. The molecular formula is C15H25BrN2O. The van der Waals surface area contributed by atoms with Crippen LogP contribution >= 0.6 is 15.9 Å². The molecule has 1 aromatic heterocycles. The van der Waals surface area contributed by atoms with Crippen molar-refractivity contribution in [2.45, 2.75) is 53.0 Å². The number of carbonyl (C=O) groups is 1. The second-order valence-corrected chi connectivity index (χ2v) is 5.74. The Hall–Kier alpha value is -0.770. The molecule has 0 radical (unpaired) electrons. The Kier molecular flexibility index (Phi) is 7.21. The number of halogens is 1. The summed E-state index contributed by atoms with van der Waals surface area (Å²) in [6.07, 6.45) is 6.36. The fourth-order valence-corrected chi connectivity index (χ4v) is 2.55. The molecule has 108 valence electrons. The Bertz CT molecular complexity index is 393. The molecule has 0 aromatic carbocycles. The summed E-state index contributed by atoms with van der Waals surface area (Å²) in [6.45, 7) is 8.93. The van der Waals surface area contributed by atoms with Crippen molar-refractivity contribution in [2.75, 3.05) is 13.1 Å². The van der Waals surface area contributed by atoms with Crippen LogP contribution in [0.25, 0.3) is 0 Å². The van der Waals surface area contributed by atoms with E-state index in [1.165, 1.54) is 0 Å². The van der Waals surface area contributed by atoms with Crippen LogP contribution < -0.4 is 0 Å². The van der Waals surface area contributed by atoms with Crippen LogP contribution in [0.3, 0.4) is 0 Å². The van der Waals surface area contributed by atoms with Crippen molar-refractivity contribution < 1.29 is 4.79 Å². The second kappa shape index (κ2) is 8.41. The molecule has 4 heteroatoms. The zero-order chi connectivity index (χ0) is 14.3. The van der Waals surface area contributed by atoms with Gasteiger partial charge in [0.15, 0.2) is 0 Å². The molecule has 0 saturated carbocycles. The average Bonchev–Trinajstić information content (AvgIpc) is 2.79. The van der Waals surface area contributed by atoms with Gasteiger partial charge in [-0.1, -0.05) is 26.7 Å². The van der Waals surface area contributed by atoms with Crippen molar-refractivity contribution in [1.82, 2.24) is 9.47 Å². The summed E-state index contributed by atoms with van der Waals surface area (Å²) < 4.78 is 2.99. The van der Waals surface area contributed by atoms with Crippen LogP contribution in [0, 0.1) is 0 Å². The van der Waals surface area contributed by atoms with Gasteiger partial charge in [-0.25, -0.2) is 0 Å². The molecule has 1 aromatic rings. The summed E-state index contributed by atoms with van der Waals surface area (Å²) in [5, 5.41) is 0. The monoisotopic (exact) mass is 328 g/mol. The third kappa shape index (κ3) is 4.68. The molecule has 1 rings (SSSR count). The van der Waals surface area contributed by atoms with Gasteiger partial charge in [0.05, 0.1) is 0 Å². The fraction of sp³-hybridized carbons (Fsp3) is 0.667. The van der Waals surface area contributed by atoms with Crippen LogP contribution in [0.1, 0.15) is 56.9 Å². The zero-order valence-corrected chi connectivity index (χ0v) is 13.9. The predicted molar refractivity (Wildman–Crippen MR) is 83.5 cm³/mol. The van der Waals surface area contributed by atoms with Gasteiger partial charge in [-0.05, 0) is 41.8 Å². The molecule has 0 unspecified atom stereocenters. The van der Waals surface area contributed by atoms with Gasteiger partial charge >= 0.3 is 0 Å². The van der Waals surface area contributed by atoms with Crippen LogP contribution in [-0.4, -0.2) is 28.5 Å². The Labute approximate surface area is 125 Å². The molecule has 19 heavy (non-hydrogen) atoms. The predicted octanol–water partition coefficient (Wildman–Crippen LogP) is 4.31. The summed E-state index contributed by atoms with van der Waals surface area (Å²) in [7, 11) is 0. The van der Waals surface area contributed by atoms with Crippen LogP contribution in [-0.2, 0) is 6.54 Å². The van der Waals surface area contributed by atoms with E-state index in [9.17, 15) is 4.79 Å². The summed E-state index contributed by atoms with van der Waals surface area (Å²) >= 11 is 3.45. The molecule has 1 amide bonds. The molecule has 0 spiro atoms. The maximum Gasteiger partial charge on any atom is 0.270 e. The van der Waals surface area contributed by atoms with Crippen molar-refractivity contribution in [3.05, 3.63) is 22.4 Å². The minimum atomic E-state index is 0.162. The molecule has 0 bridgehead atoms. The number of amides is 1. The first kappa shape index (κ1) is 16.3. The van der Waals surface area contributed by atoms with E-state index in [4.69, 9.17) is 0 Å². The highest BCUT2D eigenvalue weighted by atomic mass is 79.9. The van der Waals surface area contributed by atoms with Crippen LogP contribution in [0.4, 0.5) is 0 Å². The van der Waals surface area contributed by atoms with E-state index in [2.05, 4.69) is 36.7 Å². The fourth-order valence-electron chi connectivity index (χ4n) is 2.09. The number of aromatic nitrogens is 1. The smallest absolute Gasteiger partial charge is 0.270 e. The molecule has 3 nitrogen and oxygen atoms in total. The molecule has 0 N–H and O–H groups in total. The third-order valence-corrected chi connectivity index (χ3v) is 3.71. The number of nitrogens with zero attached hydrogens (tertiary/aromatic N) is 2. The molecule has 0 saturated heterocycles. The van der Waals surface area contributed by atoms with Crippen molar-refractivity contribution >= 4 is 21.8 Å². The van der Waals surface area contributed by atoms with Crippen molar-refractivity contribution in [2.24, 2.45) is 0 Å². The minimum absolute atomic E-state index is 0.162.